The van der Waals surface area contributed by atoms with E-state index in [0.29, 0.717) is 16.0 Å². The third-order valence-electron chi connectivity index (χ3n) is 5.07. The fourth-order valence-corrected chi connectivity index (χ4v) is 3.64. The van der Waals surface area contributed by atoms with E-state index < -0.39 is 23.2 Å². The van der Waals surface area contributed by atoms with Crippen molar-refractivity contribution in [2.45, 2.75) is 45.4 Å². The number of halogens is 1. The largest absolute Gasteiger partial charge is 0.497 e. The average Bonchev–Trinajstić information content (AvgIpc) is 2.82. The standard InChI is InChI=1S/C26H30BrN3O6/c1-25(2,3)36-24(32)29-26(4)11-13-30(14-12-26)19-15-20(22(27)28-21(19)23(31)34-6)35-16-17-7-9-18(33-5)10-8-17/h7-15H,16H2,1-6H3,(H,29,32). The lowest BCUT2D eigenvalue weighted by molar-refractivity contribution is 0.0498. The molecule has 36 heavy (non-hydrogen) atoms. The lowest BCUT2D eigenvalue weighted by Gasteiger charge is -2.31. The molecule has 0 saturated carbocycles. The highest BCUT2D eigenvalue weighted by Gasteiger charge is 2.28. The number of carbonyl (C=O) groups is 2. The highest BCUT2D eigenvalue weighted by molar-refractivity contribution is 9.10. The monoisotopic (exact) mass is 559 g/mol. The lowest BCUT2D eigenvalue weighted by atomic mass is 10.0. The smallest absolute Gasteiger partial charge is 0.408 e. The second-order valence-electron chi connectivity index (χ2n) is 9.22. The molecule has 1 aliphatic rings. The van der Waals surface area contributed by atoms with Gasteiger partial charge in [0, 0.05) is 18.5 Å². The van der Waals surface area contributed by atoms with Gasteiger partial charge < -0.3 is 29.2 Å². The number of alkyl carbamates (subject to hydrolysis) is 1. The zero-order valence-corrected chi connectivity index (χ0v) is 22.7. The molecule has 0 fully saturated rings. The Morgan fingerprint density at radius 3 is 2.31 bits per heavy atom. The zero-order chi connectivity index (χ0) is 26.5. The number of benzene rings is 1. The van der Waals surface area contributed by atoms with Crippen LogP contribution >= 0.6 is 15.9 Å². The van der Waals surface area contributed by atoms with Gasteiger partial charge in [0.15, 0.2) is 11.4 Å². The summed E-state index contributed by atoms with van der Waals surface area (Å²) < 4.78 is 21.8. The number of pyridine rings is 1. The van der Waals surface area contributed by atoms with Crippen LogP contribution in [0.15, 0.2) is 59.5 Å². The van der Waals surface area contributed by atoms with E-state index in [1.807, 2.05) is 31.2 Å². The quantitative estimate of drug-likeness (QED) is 0.358. The number of anilines is 1. The highest BCUT2D eigenvalue weighted by Crippen LogP contribution is 2.34. The maximum Gasteiger partial charge on any atom is 0.408 e. The van der Waals surface area contributed by atoms with Gasteiger partial charge in [-0.2, -0.15) is 0 Å². The van der Waals surface area contributed by atoms with Crippen molar-refractivity contribution in [2.24, 2.45) is 0 Å². The molecule has 1 amide bonds. The molecule has 10 heteroatoms. The van der Waals surface area contributed by atoms with E-state index in [1.165, 1.54) is 7.11 Å². The average molecular weight is 560 g/mol. The first kappa shape index (κ1) is 27.1. The molecule has 3 rings (SSSR count). The van der Waals surface area contributed by atoms with Crippen LogP contribution in [-0.4, -0.2) is 42.4 Å². The predicted octanol–water partition coefficient (Wildman–Crippen LogP) is 5.35. The molecule has 0 spiro atoms. The van der Waals surface area contributed by atoms with E-state index in [4.69, 9.17) is 18.9 Å². The van der Waals surface area contributed by atoms with Crippen LogP contribution in [0.25, 0.3) is 0 Å². The van der Waals surface area contributed by atoms with Gasteiger partial charge >= 0.3 is 12.1 Å². The summed E-state index contributed by atoms with van der Waals surface area (Å²) in [6, 6.07) is 9.20. The fourth-order valence-electron chi connectivity index (χ4n) is 3.23. The number of ether oxygens (including phenoxy) is 4. The molecular formula is C26H30BrN3O6. The fraction of sp³-hybridized carbons (Fsp3) is 0.346. The maximum absolute atomic E-state index is 12.5. The van der Waals surface area contributed by atoms with Crippen molar-refractivity contribution in [3.05, 3.63) is 70.7 Å². The number of methoxy groups -OCH3 is 2. The van der Waals surface area contributed by atoms with Gasteiger partial charge in [0.05, 0.1) is 25.4 Å². The minimum atomic E-state index is -0.791. The van der Waals surface area contributed by atoms with E-state index in [2.05, 4.69) is 26.2 Å². The Morgan fingerprint density at radius 2 is 1.75 bits per heavy atom. The van der Waals surface area contributed by atoms with Crippen molar-refractivity contribution in [1.82, 2.24) is 10.3 Å². The van der Waals surface area contributed by atoms with Crippen molar-refractivity contribution >= 4 is 33.7 Å². The number of carbonyl (C=O) groups excluding carboxylic acids is 2. The number of amides is 1. The van der Waals surface area contributed by atoms with Gasteiger partial charge in [-0.3, -0.25) is 0 Å². The summed E-state index contributed by atoms with van der Waals surface area (Å²) in [6.07, 6.45) is 6.46. The molecule has 1 aromatic carbocycles. The summed E-state index contributed by atoms with van der Waals surface area (Å²) in [4.78, 5) is 30.8. The van der Waals surface area contributed by atoms with Crippen LogP contribution in [0.4, 0.5) is 10.5 Å². The summed E-state index contributed by atoms with van der Waals surface area (Å²) in [5.74, 6) is 0.591. The zero-order valence-electron chi connectivity index (χ0n) is 21.1. The third-order valence-corrected chi connectivity index (χ3v) is 5.64. The summed E-state index contributed by atoms with van der Waals surface area (Å²) in [5, 5.41) is 2.83. The molecule has 0 radical (unpaired) electrons. The third kappa shape index (κ3) is 7.00. The summed E-state index contributed by atoms with van der Waals surface area (Å²) in [6.45, 7) is 7.50. The van der Waals surface area contributed by atoms with Gasteiger partial charge in [-0.25, -0.2) is 14.6 Å². The molecule has 0 saturated heterocycles. The van der Waals surface area contributed by atoms with Crippen molar-refractivity contribution in [3.63, 3.8) is 0 Å². The van der Waals surface area contributed by atoms with E-state index in [-0.39, 0.29) is 12.3 Å². The molecule has 1 N–H and O–H groups in total. The van der Waals surface area contributed by atoms with Crippen LogP contribution in [-0.2, 0) is 16.1 Å². The van der Waals surface area contributed by atoms with Crippen molar-refractivity contribution in [3.8, 4) is 11.5 Å². The molecule has 0 unspecified atom stereocenters. The van der Waals surface area contributed by atoms with Crippen molar-refractivity contribution in [1.29, 1.82) is 0 Å². The lowest BCUT2D eigenvalue weighted by Crippen LogP contribution is -2.46. The van der Waals surface area contributed by atoms with Gasteiger partial charge in [-0.05, 0) is 73.5 Å². The molecule has 192 valence electrons. The normalized spacial score (nSPS) is 14.2. The Balaban J connectivity index is 1.83. The Kier molecular flexibility index (Phi) is 8.29. The SMILES string of the molecule is COC(=O)c1nc(Br)c(OCc2ccc(OC)cc2)cc1N1C=CC(C)(NC(=O)OC(C)(C)C)C=C1. The van der Waals surface area contributed by atoms with E-state index in [1.54, 1.807) is 63.4 Å². The molecule has 0 atom stereocenters. The second-order valence-corrected chi connectivity index (χ2v) is 9.97. The molecule has 2 heterocycles. The number of hydrogen-bond donors (Lipinski definition) is 1. The van der Waals surface area contributed by atoms with E-state index in [0.717, 1.165) is 11.3 Å². The number of nitrogens with zero attached hydrogens (tertiary/aromatic N) is 2. The first-order valence-corrected chi connectivity index (χ1v) is 11.9. The molecule has 2 aromatic rings. The minimum absolute atomic E-state index is 0.0965. The van der Waals surface area contributed by atoms with Crippen LogP contribution in [0, 0.1) is 0 Å². The minimum Gasteiger partial charge on any atom is -0.497 e. The van der Waals surface area contributed by atoms with E-state index in [9.17, 15) is 9.59 Å². The number of esters is 1. The maximum atomic E-state index is 12.5. The first-order valence-electron chi connectivity index (χ1n) is 11.2. The van der Waals surface area contributed by atoms with Gasteiger partial charge in [-0.1, -0.05) is 12.1 Å². The van der Waals surface area contributed by atoms with Gasteiger partial charge in [0.1, 0.15) is 22.6 Å². The highest BCUT2D eigenvalue weighted by atomic mass is 79.9. The summed E-state index contributed by atoms with van der Waals surface area (Å²) in [7, 11) is 2.90. The Bertz CT molecular complexity index is 1160. The van der Waals surface area contributed by atoms with Crippen molar-refractivity contribution < 1.29 is 28.5 Å². The predicted molar refractivity (Wildman–Crippen MR) is 139 cm³/mol. The van der Waals surface area contributed by atoms with Crippen LogP contribution in [0.2, 0.25) is 0 Å². The van der Waals surface area contributed by atoms with E-state index >= 15 is 0 Å². The Hall–Kier alpha value is -3.53. The molecule has 1 aromatic heterocycles. The Morgan fingerprint density at radius 1 is 1.11 bits per heavy atom. The molecular weight excluding hydrogens is 530 g/mol. The number of aromatic nitrogens is 1. The van der Waals surface area contributed by atoms with Gasteiger partial charge in [-0.15, -0.1) is 0 Å². The first-order chi connectivity index (χ1) is 16.9. The van der Waals surface area contributed by atoms with Crippen LogP contribution in [0.1, 0.15) is 43.7 Å². The summed E-state index contributed by atoms with van der Waals surface area (Å²) >= 11 is 3.39. The topological polar surface area (TPSA) is 99.2 Å². The molecule has 1 aliphatic heterocycles. The van der Waals surface area contributed by atoms with Crippen LogP contribution < -0.4 is 19.7 Å². The van der Waals surface area contributed by atoms with Crippen molar-refractivity contribution in [2.75, 3.05) is 19.1 Å². The van der Waals surface area contributed by atoms with Crippen LogP contribution in [0.3, 0.4) is 0 Å². The Labute approximate surface area is 219 Å². The molecule has 9 nitrogen and oxygen atoms in total. The number of hydrogen-bond acceptors (Lipinski definition) is 8. The van der Waals surface area contributed by atoms with Crippen LogP contribution in [0.5, 0.6) is 11.5 Å². The van der Waals surface area contributed by atoms with Gasteiger partial charge in [0.2, 0.25) is 0 Å². The molecule has 0 aliphatic carbocycles. The second kappa shape index (κ2) is 11.0. The number of nitrogens with one attached hydrogen (secondary N) is 1. The van der Waals surface area contributed by atoms with Gasteiger partial charge in [0.25, 0.3) is 0 Å². The number of rotatable bonds is 7. The summed E-state index contributed by atoms with van der Waals surface area (Å²) in [5.41, 5.74) is 0.0691. The molecule has 0 bridgehead atoms.